The Hall–Kier alpha value is -3.52. The third kappa shape index (κ3) is 3.02. The van der Waals surface area contributed by atoms with Crippen LogP contribution in [0.25, 0.3) is 22.3 Å². The van der Waals surface area contributed by atoms with Gasteiger partial charge in [0.15, 0.2) is 0 Å². The van der Waals surface area contributed by atoms with Gasteiger partial charge in [0.05, 0.1) is 23.0 Å². The minimum absolute atomic E-state index is 0.00140. The van der Waals surface area contributed by atoms with Gasteiger partial charge in [0, 0.05) is 37.1 Å². The maximum atomic E-state index is 13.4. The number of fused-ring (bicyclic) bond motifs is 5. The minimum Gasteiger partial charge on any atom is -0.323 e. The molecule has 0 unspecified atom stereocenters. The molecule has 4 aromatic rings. The summed E-state index contributed by atoms with van der Waals surface area (Å²) in [5.41, 5.74) is 2.16. The van der Waals surface area contributed by atoms with Crippen LogP contribution >= 0.6 is 0 Å². The first-order valence-electron chi connectivity index (χ1n) is 10.6. The zero-order chi connectivity index (χ0) is 20.9. The number of imidazole rings is 1. The van der Waals surface area contributed by atoms with Gasteiger partial charge in [-0.25, -0.2) is 9.97 Å². The van der Waals surface area contributed by atoms with Crippen molar-refractivity contribution in [1.82, 2.24) is 29.4 Å². The zero-order valence-corrected chi connectivity index (χ0v) is 16.9. The van der Waals surface area contributed by atoms with Gasteiger partial charge >= 0.3 is 0 Å². The van der Waals surface area contributed by atoms with E-state index in [9.17, 15) is 9.59 Å². The first kappa shape index (κ1) is 18.3. The summed E-state index contributed by atoms with van der Waals surface area (Å²) in [6.07, 6.45) is 4.63. The van der Waals surface area contributed by atoms with Crippen LogP contribution in [0.2, 0.25) is 0 Å². The smallest absolute Gasteiger partial charge is 0.261 e. The number of nitrogens with zero attached hydrogens (tertiary/aromatic N) is 4. The van der Waals surface area contributed by atoms with E-state index in [1.165, 1.54) is 0 Å². The molecule has 6 rings (SSSR count). The number of para-hydroxylation sites is 1. The lowest BCUT2D eigenvalue weighted by Gasteiger charge is -2.37. The van der Waals surface area contributed by atoms with E-state index in [4.69, 9.17) is 0 Å². The number of nitrogens with one attached hydrogen (secondary N) is 2. The Morgan fingerprint density at radius 2 is 2.00 bits per heavy atom. The van der Waals surface area contributed by atoms with Gasteiger partial charge in [-0.1, -0.05) is 12.1 Å². The average Bonchev–Trinajstić information content (AvgIpc) is 3.22. The Balaban J connectivity index is 1.40. The number of hydrogen-bond donors (Lipinski definition) is 2. The second-order valence-corrected chi connectivity index (χ2v) is 8.45. The van der Waals surface area contributed by atoms with Crippen molar-refractivity contribution in [2.75, 3.05) is 13.1 Å². The summed E-state index contributed by atoms with van der Waals surface area (Å²) in [7, 11) is 0. The molecule has 2 atom stereocenters. The van der Waals surface area contributed by atoms with Gasteiger partial charge in [0.25, 0.3) is 11.1 Å². The first-order valence-corrected chi connectivity index (χ1v) is 10.6. The summed E-state index contributed by atoms with van der Waals surface area (Å²) < 4.78 is 3.80. The molecule has 0 amide bonds. The van der Waals surface area contributed by atoms with Gasteiger partial charge in [-0.2, -0.15) is 0 Å². The van der Waals surface area contributed by atoms with Crippen molar-refractivity contribution in [2.24, 2.45) is 5.92 Å². The molecule has 2 bridgehead atoms. The van der Waals surface area contributed by atoms with Crippen molar-refractivity contribution < 1.29 is 0 Å². The van der Waals surface area contributed by atoms with Crippen molar-refractivity contribution in [2.45, 2.75) is 25.4 Å². The van der Waals surface area contributed by atoms with E-state index < -0.39 is 0 Å². The summed E-state index contributed by atoms with van der Waals surface area (Å²) in [5.74, 6) is 2.00. The van der Waals surface area contributed by atoms with Crippen molar-refractivity contribution in [3.05, 3.63) is 81.0 Å². The number of H-pyrrole nitrogens is 1. The largest absolute Gasteiger partial charge is 0.323 e. The van der Waals surface area contributed by atoms with E-state index in [-0.39, 0.29) is 11.1 Å². The van der Waals surface area contributed by atoms with Gasteiger partial charge in [-0.3, -0.25) is 9.59 Å². The topological polar surface area (TPSA) is 97.6 Å². The molecular weight excluding hydrogens is 392 g/mol. The van der Waals surface area contributed by atoms with Gasteiger partial charge < -0.3 is 19.4 Å². The molecule has 0 aliphatic carbocycles. The number of aromatic amines is 1. The maximum absolute atomic E-state index is 13.4. The highest BCUT2D eigenvalue weighted by Crippen LogP contribution is 2.32. The Morgan fingerprint density at radius 1 is 1.10 bits per heavy atom. The van der Waals surface area contributed by atoms with Crippen molar-refractivity contribution in [1.29, 1.82) is 0 Å². The van der Waals surface area contributed by atoms with Crippen molar-refractivity contribution in [3.63, 3.8) is 0 Å². The lowest BCUT2D eigenvalue weighted by atomic mass is 9.84. The SMILES string of the molecule is O=c1[nH]c(Cn2ccnc2-c2ccc3n(c2=O)C[C@@H]2CNC[C@H]3C2)nc2ccccc12. The van der Waals surface area contributed by atoms with Crippen LogP contribution in [0.3, 0.4) is 0 Å². The van der Waals surface area contributed by atoms with Gasteiger partial charge in [0.1, 0.15) is 11.6 Å². The van der Waals surface area contributed by atoms with Gasteiger partial charge in [0.2, 0.25) is 0 Å². The monoisotopic (exact) mass is 414 g/mol. The summed E-state index contributed by atoms with van der Waals surface area (Å²) >= 11 is 0. The summed E-state index contributed by atoms with van der Waals surface area (Å²) in [6.45, 7) is 2.95. The van der Waals surface area contributed by atoms with Crippen LogP contribution in [-0.4, -0.2) is 37.2 Å². The van der Waals surface area contributed by atoms with Crippen LogP contribution in [0, 0.1) is 5.92 Å². The predicted octanol–water partition coefficient (Wildman–Crippen LogP) is 1.70. The fourth-order valence-corrected chi connectivity index (χ4v) is 5.01. The number of piperidine rings is 1. The number of aromatic nitrogens is 5. The van der Waals surface area contributed by atoms with E-state index in [1.807, 2.05) is 39.6 Å². The molecule has 156 valence electrons. The summed E-state index contributed by atoms with van der Waals surface area (Å²) in [4.78, 5) is 37.7. The highest BCUT2D eigenvalue weighted by atomic mass is 16.1. The van der Waals surface area contributed by atoms with Crippen LogP contribution < -0.4 is 16.4 Å². The van der Waals surface area contributed by atoms with E-state index in [1.54, 1.807) is 12.3 Å². The Labute approximate surface area is 177 Å². The highest BCUT2D eigenvalue weighted by molar-refractivity contribution is 5.77. The molecule has 0 spiro atoms. The number of rotatable bonds is 3. The van der Waals surface area contributed by atoms with Crippen LogP contribution in [0.15, 0.2) is 58.4 Å². The van der Waals surface area contributed by atoms with E-state index >= 15 is 0 Å². The van der Waals surface area contributed by atoms with Crippen LogP contribution in [0.5, 0.6) is 0 Å². The molecule has 1 aromatic carbocycles. The third-order valence-electron chi connectivity index (χ3n) is 6.45. The zero-order valence-electron chi connectivity index (χ0n) is 16.9. The fourth-order valence-electron chi connectivity index (χ4n) is 5.01. The highest BCUT2D eigenvalue weighted by Gasteiger charge is 2.31. The molecule has 0 radical (unpaired) electrons. The first-order chi connectivity index (χ1) is 15.2. The van der Waals surface area contributed by atoms with E-state index in [2.05, 4.69) is 26.3 Å². The lowest BCUT2D eigenvalue weighted by Crippen LogP contribution is -2.45. The molecule has 8 heteroatoms. The summed E-state index contributed by atoms with van der Waals surface area (Å²) in [5, 5.41) is 4.04. The van der Waals surface area contributed by atoms with Crippen LogP contribution in [0.4, 0.5) is 0 Å². The number of pyridine rings is 1. The normalized spacial score (nSPS) is 20.0. The van der Waals surface area contributed by atoms with Crippen LogP contribution in [-0.2, 0) is 13.1 Å². The quantitative estimate of drug-likeness (QED) is 0.532. The summed E-state index contributed by atoms with van der Waals surface area (Å²) in [6, 6.07) is 11.2. The predicted molar refractivity (Wildman–Crippen MR) is 117 cm³/mol. The Kier molecular flexibility index (Phi) is 4.14. The van der Waals surface area contributed by atoms with E-state index in [0.29, 0.717) is 46.5 Å². The Morgan fingerprint density at radius 3 is 2.94 bits per heavy atom. The molecule has 2 aliphatic heterocycles. The maximum Gasteiger partial charge on any atom is 0.261 e. The second kappa shape index (κ2) is 7.02. The van der Waals surface area contributed by atoms with Crippen molar-refractivity contribution >= 4 is 10.9 Å². The average molecular weight is 414 g/mol. The number of benzene rings is 1. The van der Waals surface area contributed by atoms with E-state index in [0.717, 1.165) is 31.7 Å². The molecule has 31 heavy (non-hydrogen) atoms. The standard InChI is InChI=1S/C23H22N6O2/c30-22-16-3-1-2-4-18(16)26-20(27-22)13-28-8-7-25-21(28)17-5-6-19-15-9-14(10-24-11-15)12-29(19)23(17)31/h1-8,14-15,24H,9-13H2,(H,26,27,30)/t14-,15+/m0/s1. The molecule has 1 saturated heterocycles. The molecule has 3 aromatic heterocycles. The van der Waals surface area contributed by atoms with Gasteiger partial charge in [-0.15, -0.1) is 0 Å². The minimum atomic E-state index is -0.170. The lowest BCUT2D eigenvalue weighted by molar-refractivity contribution is 0.257. The second-order valence-electron chi connectivity index (χ2n) is 8.45. The molecule has 5 heterocycles. The Bertz CT molecular complexity index is 1420. The molecule has 0 saturated carbocycles. The fraction of sp³-hybridized carbons (Fsp3) is 0.304. The molecule has 1 fully saturated rings. The third-order valence-corrected chi connectivity index (χ3v) is 6.45. The molecule has 8 nitrogen and oxygen atoms in total. The van der Waals surface area contributed by atoms with Crippen molar-refractivity contribution in [3.8, 4) is 11.4 Å². The van der Waals surface area contributed by atoms with Gasteiger partial charge in [-0.05, 0) is 43.1 Å². The molecule has 2 N–H and O–H groups in total. The van der Waals surface area contributed by atoms with Crippen LogP contribution in [0.1, 0.15) is 23.9 Å². The number of hydrogen-bond acceptors (Lipinski definition) is 5. The molecular formula is C23H22N6O2. The molecule has 2 aliphatic rings.